The normalized spacial score (nSPS) is 15.2. The van der Waals surface area contributed by atoms with Gasteiger partial charge >= 0.3 is 0 Å². The molecule has 11 heteroatoms. The van der Waals surface area contributed by atoms with E-state index in [4.69, 9.17) is 21.3 Å². The minimum atomic E-state index is -0.209. The number of anilines is 3. The molecule has 5 rings (SSSR count). The number of hydrogen-bond acceptors (Lipinski definition) is 9. The number of piperazine rings is 1. The monoisotopic (exact) mass is 520 g/mol. The number of nitrogens with zero attached hydrogens (tertiary/aromatic N) is 7. The highest BCUT2D eigenvalue weighted by atomic mass is 35.5. The fraction of sp³-hybridized carbons (Fsp3) is 0.308. The Kier molecular flexibility index (Phi) is 7.22. The number of benzene rings is 1. The highest BCUT2D eigenvalue weighted by molar-refractivity contribution is 6.32. The van der Waals surface area contributed by atoms with Crippen LogP contribution in [0.1, 0.15) is 0 Å². The SMILES string of the molecule is COc1ccc(N2CCN(C(C=O)N(C)C)CC2)cc1Nc1ncc(Cl)c(-c2cnc3ccccn23)n1. The van der Waals surface area contributed by atoms with Gasteiger partial charge in [0.15, 0.2) is 6.29 Å². The number of methoxy groups -OCH3 is 1. The summed E-state index contributed by atoms with van der Waals surface area (Å²) < 4.78 is 7.54. The first-order valence-electron chi connectivity index (χ1n) is 12.0. The van der Waals surface area contributed by atoms with Gasteiger partial charge in [-0.25, -0.2) is 15.0 Å². The number of likely N-dealkylation sites (N-methyl/N-ethyl adjacent to an activating group) is 1. The summed E-state index contributed by atoms with van der Waals surface area (Å²) in [6.45, 7) is 3.19. The van der Waals surface area contributed by atoms with Gasteiger partial charge in [0.1, 0.15) is 23.3 Å². The van der Waals surface area contributed by atoms with E-state index >= 15 is 0 Å². The Labute approximate surface area is 220 Å². The van der Waals surface area contributed by atoms with Crippen molar-refractivity contribution in [2.24, 2.45) is 0 Å². The van der Waals surface area contributed by atoms with Crippen LogP contribution < -0.4 is 15.0 Å². The lowest BCUT2D eigenvalue weighted by atomic mass is 10.2. The van der Waals surface area contributed by atoms with Crippen LogP contribution in [-0.2, 0) is 4.79 Å². The smallest absolute Gasteiger partial charge is 0.227 e. The van der Waals surface area contributed by atoms with E-state index in [0.29, 0.717) is 22.4 Å². The summed E-state index contributed by atoms with van der Waals surface area (Å²) in [5.41, 5.74) is 3.95. The van der Waals surface area contributed by atoms with E-state index in [2.05, 4.69) is 25.1 Å². The number of hydrogen-bond donors (Lipinski definition) is 1. The molecule has 1 unspecified atom stereocenters. The molecule has 0 radical (unpaired) electrons. The zero-order valence-electron chi connectivity index (χ0n) is 21.0. The van der Waals surface area contributed by atoms with Crippen molar-refractivity contribution in [1.29, 1.82) is 0 Å². The van der Waals surface area contributed by atoms with Crippen LogP contribution in [0.5, 0.6) is 5.75 Å². The number of pyridine rings is 1. The summed E-state index contributed by atoms with van der Waals surface area (Å²) >= 11 is 6.49. The molecule has 1 aliphatic heterocycles. The van der Waals surface area contributed by atoms with Crippen LogP contribution in [0.2, 0.25) is 5.02 Å². The topological polar surface area (TPSA) is 91.1 Å². The third kappa shape index (κ3) is 5.08. The number of halogens is 1. The Hall–Kier alpha value is -3.73. The molecule has 1 fully saturated rings. The first-order valence-corrected chi connectivity index (χ1v) is 12.4. The van der Waals surface area contributed by atoms with Gasteiger partial charge in [0.05, 0.1) is 35.9 Å². The Balaban J connectivity index is 1.38. The van der Waals surface area contributed by atoms with E-state index in [0.717, 1.165) is 55.2 Å². The summed E-state index contributed by atoms with van der Waals surface area (Å²) in [7, 11) is 5.48. The molecule has 3 aromatic heterocycles. The Morgan fingerprint density at radius 2 is 1.92 bits per heavy atom. The molecule has 0 aliphatic carbocycles. The summed E-state index contributed by atoms with van der Waals surface area (Å²) in [6, 6.07) is 11.8. The van der Waals surface area contributed by atoms with Crippen molar-refractivity contribution in [3.8, 4) is 17.1 Å². The average Bonchev–Trinajstić information content (AvgIpc) is 3.34. The molecule has 37 heavy (non-hydrogen) atoms. The van der Waals surface area contributed by atoms with Gasteiger partial charge in [-0.15, -0.1) is 0 Å². The first kappa shape index (κ1) is 24.9. The number of aromatic nitrogens is 4. The first-order chi connectivity index (χ1) is 18.0. The van der Waals surface area contributed by atoms with Gasteiger partial charge in [-0.2, -0.15) is 0 Å². The molecule has 0 saturated carbocycles. The van der Waals surface area contributed by atoms with Crippen molar-refractivity contribution in [2.45, 2.75) is 6.17 Å². The van der Waals surface area contributed by atoms with Gasteiger partial charge in [-0.1, -0.05) is 17.7 Å². The van der Waals surface area contributed by atoms with E-state index in [1.807, 2.05) is 66.0 Å². The van der Waals surface area contributed by atoms with Gasteiger partial charge in [-0.3, -0.25) is 14.2 Å². The number of nitrogens with one attached hydrogen (secondary N) is 1. The second kappa shape index (κ2) is 10.7. The predicted octanol–water partition coefficient (Wildman–Crippen LogP) is 3.41. The van der Waals surface area contributed by atoms with E-state index < -0.39 is 0 Å². The van der Waals surface area contributed by atoms with Crippen LogP contribution in [-0.4, -0.2) is 89.0 Å². The Morgan fingerprint density at radius 3 is 2.65 bits per heavy atom. The van der Waals surface area contributed by atoms with Crippen molar-refractivity contribution in [3.63, 3.8) is 0 Å². The van der Waals surface area contributed by atoms with Crippen LogP contribution in [0.15, 0.2) is 55.0 Å². The lowest BCUT2D eigenvalue weighted by molar-refractivity contribution is -0.117. The molecular formula is C26H29ClN8O2. The fourth-order valence-corrected chi connectivity index (χ4v) is 4.79. The number of carbonyl (C=O) groups is 1. The maximum atomic E-state index is 11.5. The molecule has 4 aromatic rings. The molecule has 1 aromatic carbocycles. The highest BCUT2D eigenvalue weighted by Gasteiger charge is 2.25. The number of carbonyl (C=O) groups excluding carboxylic acids is 1. The minimum Gasteiger partial charge on any atom is -0.495 e. The van der Waals surface area contributed by atoms with Crippen LogP contribution >= 0.6 is 11.6 Å². The number of fused-ring (bicyclic) bond motifs is 1. The van der Waals surface area contributed by atoms with Gasteiger partial charge in [0, 0.05) is 38.1 Å². The standard InChI is InChI=1S/C26H29ClN8O2/c1-32(2)24(17-36)34-12-10-33(11-13-34)18-7-8-22(37-3)20(14-18)30-26-29-15-19(27)25(31-26)21-16-28-23-6-4-5-9-35(21)23/h4-9,14-17,24H,10-13H2,1-3H3,(H,29,30,31). The van der Waals surface area contributed by atoms with Crippen LogP contribution in [0.4, 0.5) is 17.3 Å². The van der Waals surface area contributed by atoms with E-state index in [1.165, 1.54) is 0 Å². The van der Waals surface area contributed by atoms with E-state index in [-0.39, 0.29) is 6.17 Å². The predicted molar refractivity (Wildman–Crippen MR) is 145 cm³/mol. The maximum Gasteiger partial charge on any atom is 0.227 e. The lowest BCUT2D eigenvalue weighted by Crippen LogP contribution is -2.55. The zero-order chi connectivity index (χ0) is 25.9. The molecule has 0 bridgehead atoms. The molecule has 4 heterocycles. The molecule has 0 spiro atoms. The third-order valence-electron chi connectivity index (χ3n) is 6.54. The Bertz CT molecular complexity index is 1400. The van der Waals surface area contributed by atoms with Crippen molar-refractivity contribution >= 4 is 40.9 Å². The number of ether oxygens (including phenoxy) is 1. The van der Waals surface area contributed by atoms with Crippen molar-refractivity contribution in [1.82, 2.24) is 29.2 Å². The quantitative estimate of drug-likeness (QED) is 0.351. The molecule has 1 aliphatic rings. The second-order valence-corrected chi connectivity index (χ2v) is 9.42. The lowest BCUT2D eigenvalue weighted by Gasteiger charge is -2.40. The van der Waals surface area contributed by atoms with Crippen molar-refractivity contribution in [3.05, 3.63) is 60.0 Å². The number of aldehydes is 1. The molecule has 192 valence electrons. The molecule has 1 saturated heterocycles. The summed E-state index contributed by atoms with van der Waals surface area (Å²) in [5.74, 6) is 1.07. The largest absolute Gasteiger partial charge is 0.495 e. The number of rotatable bonds is 8. The van der Waals surface area contributed by atoms with Crippen LogP contribution in [0, 0.1) is 0 Å². The summed E-state index contributed by atoms with van der Waals surface area (Å²) in [4.78, 5) is 31.5. The zero-order valence-corrected chi connectivity index (χ0v) is 21.8. The van der Waals surface area contributed by atoms with Crippen LogP contribution in [0.25, 0.3) is 17.0 Å². The maximum absolute atomic E-state index is 11.5. The Morgan fingerprint density at radius 1 is 1.11 bits per heavy atom. The van der Waals surface area contributed by atoms with Crippen molar-refractivity contribution in [2.75, 3.05) is 57.6 Å². The van der Waals surface area contributed by atoms with Crippen molar-refractivity contribution < 1.29 is 9.53 Å². The van der Waals surface area contributed by atoms with Gasteiger partial charge in [-0.05, 0) is 44.4 Å². The van der Waals surface area contributed by atoms with E-state index in [1.54, 1.807) is 19.5 Å². The van der Waals surface area contributed by atoms with Gasteiger partial charge in [0.25, 0.3) is 0 Å². The van der Waals surface area contributed by atoms with Gasteiger partial charge in [0.2, 0.25) is 5.95 Å². The van der Waals surface area contributed by atoms with E-state index in [9.17, 15) is 4.79 Å². The number of imidazole rings is 1. The molecule has 10 nitrogen and oxygen atoms in total. The molecule has 1 N–H and O–H groups in total. The summed E-state index contributed by atoms with van der Waals surface area (Å²) in [6.07, 6.45) is 6.04. The summed E-state index contributed by atoms with van der Waals surface area (Å²) in [5, 5.41) is 3.74. The third-order valence-corrected chi connectivity index (χ3v) is 6.81. The molecule has 0 amide bonds. The average molecular weight is 521 g/mol. The van der Waals surface area contributed by atoms with Crippen LogP contribution in [0.3, 0.4) is 0 Å². The highest BCUT2D eigenvalue weighted by Crippen LogP contribution is 2.33. The second-order valence-electron chi connectivity index (χ2n) is 9.01. The molecular weight excluding hydrogens is 492 g/mol. The van der Waals surface area contributed by atoms with Gasteiger partial charge < -0.3 is 19.7 Å². The molecule has 1 atom stereocenters. The minimum absolute atomic E-state index is 0.209. The fourth-order valence-electron chi connectivity index (χ4n) is 4.60.